The van der Waals surface area contributed by atoms with Gasteiger partial charge in [0.2, 0.25) is 0 Å². The Bertz CT molecular complexity index is 435. The van der Waals surface area contributed by atoms with Crippen LogP contribution >= 0.6 is 11.6 Å². The van der Waals surface area contributed by atoms with Crippen LogP contribution in [0.25, 0.3) is 0 Å². The quantitative estimate of drug-likeness (QED) is 0.797. The Morgan fingerprint density at radius 1 is 1.50 bits per heavy atom. The lowest BCUT2D eigenvalue weighted by Gasteiger charge is -2.27. The van der Waals surface area contributed by atoms with E-state index in [2.05, 4.69) is 4.98 Å². The van der Waals surface area contributed by atoms with Crippen molar-refractivity contribution in [1.29, 1.82) is 0 Å². The highest BCUT2D eigenvalue weighted by Gasteiger charge is 2.34. The van der Waals surface area contributed by atoms with E-state index in [0.717, 1.165) is 4.90 Å². The molecule has 7 heteroatoms. The van der Waals surface area contributed by atoms with Crippen molar-refractivity contribution in [3.63, 3.8) is 0 Å². The lowest BCUT2D eigenvalue weighted by molar-refractivity contribution is -0.143. The number of hydrogen-bond donors (Lipinski definition) is 0. The second-order valence-electron chi connectivity index (χ2n) is 4.01. The summed E-state index contributed by atoms with van der Waals surface area (Å²) in [7, 11) is 0. The van der Waals surface area contributed by atoms with Gasteiger partial charge < -0.3 is 4.90 Å². The third-order valence-corrected chi connectivity index (χ3v) is 2.41. The second-order valence-corrected chi connectivity index (χ2v) is 4.40. The molecule has 0 aliphatic carbocycles. The smallest absolute Gasteiger partial charge is 0.327 e. The van der Waals surface area contributed by atoms with E-state index in [1.807, 2.05) is 0 Å². The Kier molecular flexibility index (Phi) is 4.56. The van der Waals surface area contributed by atoms with Gasteiger partial charge in [-0.3, -0.25) is 4.79 Å². The molecular weight excluding hydrogens is 269 g/mol. The summed E-state index contributed by atoms with van der Waals surface area (Å²) in [6.07, 6.45) is -3.15. The highest BCUT2D eigenvalue weighted by molar-refractivity contribution is 6.29. The SMILES string of the molecule is CC(C)N(CC(F)(F)F)C(=O)c1ccnc(Cl)c1. The number of aromatic nitrogens is 1. The molecule has 3 nitrogen and oxygen atoms in total. The number of carbonyl (C=O) groups excluding carboxylic acids is 1. The number of rotatable bonds is 3. The number of pyridine rings is 1. The molecule has 1 amide bonds. The van der Waals surface area contributed by atoms with Crippen LogP contribution in [0.5, 0.6) is 0 Å². The number of alkyl halides is 3. The first kappa shape index (κ1) is 14.8. The summed E-state index contributed by atoms with van der Waals surface area (Å²) in [6, 6.07) is 2.02. The van der Waals surface area contributed by atoms with E-state index in [4.69, 9.17) is 11.6 Å². The molecule has 0 fully saturated rings. The average Bonchev–Trinajstić information content (AvgIpc) is 2.23. The lowest BCUT2D eigenvalue weighted by atomic mass is 10.2. The van der Waals surface area contributed by atoms with E-state index < -0.39 is 24.7 Å². The molecule has 0 saturated heterocycles. The number of nitrogens with zero attached hydrogens (tertiary/aromatic N) is 2. The molecule has 0 spiro atoms. The first-order chi connectivity index (χ1) is 8.20. The predicted molar refractivity (Wildman–Crippen MR) is 61.5 cm³/mol. The first-order valence-corrected chi connectivity index (χ1v) is 5.58. The van der Waals surface area contributed by atoms with Gasteiger partial charge in [0.15, 0.2) is 0 Å². The van der Waals surface area contributed by atoms with Crippen LogP contribution < -0.4 is 0 Å². The zero-order valence-corrected chi connectivity index (χ0v) is 10.6. The van der Waals surface area contributed by atoms with Crippen molar-refractivity contribution in [2.45, 2.75) is 26.1 Å². The van der Waals surface area contributed by atoms with Crippen molar-refractivity contribution >= 4 is 17.5 Å². The van der Waals surface area contributed by atoms with Gasteiger partial charge in [0.25, 0.3) is 5.91 Å². The normalized spacial score (nSPS) is 11.7. The van der Waals surface area contributed by atoms with Crippen LogP contribution in [0, 0.1) is 0 Å². The molecule has 0 unspecified atom stereocenters. The van der Waals surface area contributed by atoms with Crippen LogP contribution in [0.2, 0.25) is 5.15 Å². The Hall–Kier alpha value is -1.30. The fraction of sp³-hybridized carbons (Fsp3) is 0.455. The number of amides is 1. The molecule has 0 aliphatic rings. The van der Waals surface area contributed by atoms with E-state index in [1.165, 1.54) is 32.2 Å². The number of hydrogen-bond acceptors (Lipinski definition) is 2. The van der Waals surface area contributed by atoms with Crippen LogP contribution in [-0.2, 0) is 0 Å². The van der Waals surface area contributed by atoms with Gasteiger partial charge in [-0.05, 0) is 26.0 Å². The average molecular weight is 281 g/mol. The van der Waals surface area contributed by atoms with Gasteiger partial charge >= 0.3 is 6.18 Å². The number of halogens is 4. The Labute approximate surface area is 108 Å². The molecule has 0 N–H and O–H groups in total. The monoisotopic (exact) mass is 280 g/mol. The molecule has 0 radical (unpaired) electrons. The molecule has 0 atom stereocenters. The summed E-state index contributed by atoms with van der Waals surface area (Å²) < 4.78 is 37.2. The second kappa shape index (κ2) is 5.56. The Morgan fingerprint density at radius 3 is 2.56 bits per heavy atom. The molecule has 1 aromatic rings. The fourth-order valence-corrected chi connectivity index (χ4v) is 1.56. The van der Waals surface area contributed by atoms with Crippen LogP contribution in [0.1, 0.15) is 24.2 Å². The zero-order valence-electron chi connectivity index (χ0n) is 9.83. The molecule has 18 heavy (non-hydrogen) atoms. The number of carbonyl (C=O) groups is 1. The van der Waals surface area contributed by atoms with Gasteiger partial charge in [-0.15, -0.1) is 0 Å². The zero-order chi connectivity index (χ0) is 13.9. The van der Waals surface area contributed by atoms with E-state index in [1.54, 1.807) is 0 Å². The largest absolute Gasteiger partial charge is 0.406 e. The summed E-state index contributed by atoms with van der Waals surface area (Å²) in [5.74, 6) is -0.716. The van der Waals surface area contributed by atoms with Crippen LogP contribution in [0.4, 0.5) is 13.2 Å². The maximum absolute atomic E-state index is 12.4. The Morgan fingerprint density at radius 2 is 2.11 bits per heavy atom. The summed E-state index contributed by atoms with van der Waals surface area (Å²) >= 11 is 5.60. The van der Waals surface area contributed by atoms with E-state index in [9.17, 15) is 18.0 Å². The summed E-state index contributed by atoms with van der Waals surface area (Å²) in [5, 5.41) is 0.0663. The van der Waals surface area contributed by atoms with Gasteiger partial charge in [-0.25, -0.2) is 4.98 Å². The summed E-state index contributed by atoms with van der Waals surface area (Å²) in [6.45, 7) is 1.75. The van der Waals surface area contributed by atoms with Gasteiger partial charge in [-0.1, -0.05) is 11.6 Å². The maximum Gasteiger partial charge on any atom is 0.406 e. The molecule has 0 aromatic carbocycles. The highest BCUT2D eigenvalue weighted by Crippen LogP contribution is 2.20. The first-order valence-electron chi connectivity index (χ1n) is 5.20. The molecule has 100 valence electrons. The van der Waals surface area contributed by atoms with Crippen molar-refractivity contribution in [2.75, 3.05) is 6.54 Å². The van der Waals surface area contributed by atoms with Gasteiger partial charge in [-0.2, -0.15) is 13.2 Å². The lowest BCUT2D eigenvalue weighted by Crippen LogP contribution is -2.43. The summed E-state index contributed by atoms with van der Waals surface area (Å²) in [4.78, 5) is 16.4. The van der Waals surface area contributed by atoms with E-state index in [-0.39, 0.29) is 10.7 Å². The molecule has 1 heterocycles. The molecule has 1 aromatic heterocycles. The predicted octanol–water partition coefficient (Wildman–Crippen LogP) is 3.15. The molecular formula is C11H12ClF3N2O. The van der Waals surface area contributed by atoms with Crippen molar-refractivity contribution in [1.82, 2.24) is 9.88 Å². The standard InChI is InChI=1S/C11H12ClF3N2O/c1-7(2)17(6-11(13,14)15)10(18)8-3-4-16-9(12)5-8/h3-5,7H,6H2,1-2H3. The minimum atomic E-state index is -4.43. The Balaban J connectivity index is 2.97. The molecule has 0 bridgehead atoms. The van der Waals surface area contributed by atoms with Crippen molar-refractivity contribution in [3.8, 4) is 0 Å². The third kappa shape index (κ3) is 4.18. The fourth-order valence-electron chi connectivity index (χ4n) is 1.38. The minimum Gasteiger partial charge on any atom is -0.327 e. The molecule has 1 rings (SSSR count). The van der Waals surface area contributed by atoms with Gasteiger partial charge in [0.05, 0.1) is 0 Å². The molecule has 0 saturated carbocycles. The highest BCUT2D eigenvalue weighted by atomic mass is 35.5. The van der Waals surface area contributed by atoms with E-state index >= 15 is 0 Å². The van der Waals surface area contributed by atoms with Crippen LogP contribution in [-0.4, -0.2) is 34.6 Å². The molecule has 0 aliphatic heterocycles. The van der Waals surface area contributed by atoms with Crippen molar-refractivity contribution < 1.29 is 18.0 Å². The van der Waals surface area contributed by atoms with Crippen LogP contribution in [0.15, 0.2) is 18.3 Å². The minimum absolute atomic E-state index is 0.0663. The van der Waals surface area contributed by atoms with Crippen molar-refractivity contribution in [2.24, 2.45) is 0 Å². The maximum atomic E-state index is 12.4. The van der Waals surface area contributed by atoms with Gasteiger partial charge in [0, 0.05) is 17.8 Å². The third-order valence-electron chi connectivity index (χ3n) is 2.21. The summed E-state index contributed by atoms with van der Waals surface area (Å²) in [5.41, 5.74) is 0.0907. The van der Waals surface area contributed by atoms with Gasteiger partial charge in [0.1, 0.15) is 11.7 Å². The van der Waals surface area contributed by atoms with Crippen molar-refractivity contribution in [3.05, 3.63) is 29.0 Å². The topological polar surface area (TPSA) is 33.2 Å². The van der Waals surface area contributed by atoms with E-state index in [0.29, 0.717) is 0 Å². The van der Waals surface area contributed by atoms with Crippen LogP contribution in [0.3, 0.4) is 0 Å².